The van der Waals surface area contributed by atoms with Gasteiger partial charge in [-0.25, -0.2) is 8.42 Å². The minimum Gasteiger partial charge on any atom is -0.469 e. The van der Waals surface area contributed by atoms with Crippen molar-refractivity contribution in [2.75, 3.05) is 13.4 Å². The molecule has 0 aliphatic heterocycles. The third kappa shape index (κ3) is 5.15. The lowest BCUT2D eigenvalue weighted by atomic mass is 10.0. The van der Waals surface area contributed by atoms with Crippen molar-refractivity contribution >= 4 is 21.7 Å². The molecular formula is C18H19NO5S. The Morgan fingerprint density at radius 3 is 2.16 bits per heavy atom. The molecule has 132 valence electrons. The fourth-order valence-electron chi connectivity index (χ4n) is 2.28. The number of carbonyl (C=O) groups is 2. The van der Waals surface area contributed by atoms with Gasteiger partial charge in [0.15, 0.2) is 9.84 Å². The molecule has 0 saturated carbocycles. The Bertz CT molecular complexity index is 845. The molecule has 25 heavy (non-hydrogen) atoms. The number of ether oxygens (including phenoxy) is 1. The van der Waals surface area contributed by atoms with E-state index in [0.29, 0.717) is 5.56 Å². The number of carbonyl (C=O) groups excluding carboxylic acids is 2. The van der Waals surface area contributed by atoms with Gasteiger partial charge in [-0.1, -0.05) is 30.3 Å². The summed E-state index contributed by atoms with van der Waals surface area (Å²) in [6.07, 6.45) is 1.09. The van der Waals surface area contributed by atoms with Crippen LogP contribution in [-0.2, 0) is 19.4 Å². The van der Waals surface area contributed by atoms with Crippen molar-refractivity contribution in [1.29, 1.82) is 0 Å². The molecule has 0 aromatic heterocycles. The first-order valence-corrected chi connectivity index (χ1v) is 9.43. The highest BCUT2D eigenvalue weighted by Gasteiger charge is 2.20. The highest BCUT2D eigenvalue weighted by molar-refractivity contribution is 7.90. The molecule has 7 heteroatoms. The van der Waals surface area contributed by atoms with Crippen molar-refractivity contribution in [1.82, 2.24) is 5.32 Å². The molecular weight excluding hydrogens is 342 g/mol. The zero-order chi connectivity index (χ0) is 18.4. The molecule has 0 unspecified atom stereocenters. The van der Waals surface area contributed by atoms with Gasteiger partial charge in [0.05, 0.1) is 24.5 Å². The molecule has 0 bridgehead atoms. The van der Waals surface area contributed by atoms with Crippen LogP contribution >= 0.6 is 0 Å². The van der Waals surface area contributed by atoms with Crippen LogP contribution < -0.4 is 5.32 Å². The van der Waals surface area contributed by atoms with E-state index < -0.39 is 27.8 Å². The molecule has 0 saturated heterocycles. The van der Waals surface area contributed by atoms with E-state index in [4.69, 9.17) is 0 Å². The van der Waals surface area contributed by atoms with Crippen molar-refractivity contribution in [2.45, 2.75) is 17.4 Å². The average Bonchev–Trinajstić information content (AvgIpc) is 2.61. The van der Waals surface area contributed by atoms with Gasteiger partial charge in [-0.05, 0) is 29.8 Å². The highest BCUT2D eigenvalue weighted by atomic mass is 32.2. The summed E-state index contributed by atoms with van der Waals surface area (Å²) in [5.41, 5.74) is 1.08. The maximum absolute atomic E-state index is 12.4. The normalized spacial score (nSPS) is 12.2. The molecule has 2 rings (SSSR count). The average molecular weight is 361 g/mol. The van der Waals surface area contributed by atoms with Gasteiger partial charge < -0.3 is 10.1 Å². The van der Waals surface area contributed by atoms with E-state index in [1.165, 1.54) is 31.4 Å². The van der Waals surface area contributed by atoms with Crippen LogP contribution in [0.5, 0.6) is 0 Å². The molecule has 2 aromatic rings. The van der Waals surface area contributed by atoms with Crippen LogP contribution in [0.2, 0.25) is 0 Å². The smallest absolute Gasteiger partial charge is 0.307 e. The summed E-state index contributed by atoms with van der Waals surface area (Å²) < 4.78 is 27.6. The minimum absolute atomic E-state index is 0.00627. The second kappa shape index (κ2) is 7.94. The lowest BCUT2D eigenvalue weighted by molar-refractivity contribution is -0.141. The number of hydrogen-bond donors (Lipinski definition) is 1. The summed E-state index contributed by atoms with van der Waals surface area (Å²) in [5, 5.41) is 2.78. The molecule has 6 nitrogen and oxygen atoms in total. The van der Waals surface area contributed by atoms with Crippen LogP contribution in [0.25, 0.3) is 0 Å². The third-order valence-corrected chi connectivity index (χ3v) is 4.78. The Balaban J connectivity index is 2.20. The maximum Gasteiger partial charge on any atom is 0.307 e. The fraction of sp³-hybridized carbons (Fsp3) is 0.222. The van der Waals surface area contributed by atoms with Crippen LogP contribution in [0, 0.1) is 0 Å². The van der Waals surface area contributed by atoms with Gasteiger partial charge in [0, 0.05) is 11.8 Å². The van der Waals surface area contributed by atoms with E-state index in [1.54, 1.807) is 12.1 Å². The lowest BCUT2D eigenvalue weighted by Crippen LogP contribution is -2.30. The van der Waals surface area contributed by atoms with Gasteiger partial charge in [0.2, 0.25) is 0 Å². The first-order valence-electron chi connectivity index (χ1n) is 7.54. The van der Waals surface area contributed by atoms with Crippen molar-refractivity contribution < 1.29 is 22.7 Å². The molecule has 1 amide bonds. The van der Waals surface area contributed by atoms with E-state index in [9.17, 15) is 18.0 Å². The summed E-state index contributed by atoms with van der Waals surface area (Å²) in [6.45, 7) is 0. The second-order valence-corrected chi connectivity index (χ2v) is 7.53. The van der Waals surface area contributed by atoms with Gasteiger partial charge in [-0.15, -0.1) is 0 Å². The van der Waals surface area contributed by atoms with Crippen LogP contribution in [-0.4, -0.2) is 33.7 Å². The SMILES string of the molecule is COC(=O)C[C@H](NC(=O)c1ccc(S(C)(=O)=O)cc1)c1ccccc1. The first-order chi connectivity index (χ1) is 11.8. The van der Waals surface area contributed by atoms with E-state index >= 15 is 0 Å². The van der Waals surface area contributed by atoms with Crippen molar-refractivity contribution in [2.24, 2.45) is 0 Å². The Hall–Kier alpha value is -2.67. The Morgan fingerprint density at radius 1 is 1.04 bits per heavy atom. The van der Waals surface area contributed by atoms with Crippen molar-refractivity contribution in [3.8, 4) is 0 Å². The predicted octanol–water partition coefficient (Wildman–Crippen LogP) is 2.12. The largest absolute Gasteiger partial charge is 0.469 e. The molecule has 1 N–H and O–H groups in total. The minimum atomic E-state index is -3.32. The Labute approximate surface area is 146 Å². The third-order valence-electron chi connectivity index (χ3n) is 3.65. The van der Waals surface area contributed by atoms with Gasteiger partial charge in [-0.3, -0.25) is 9.59 Å². The number of sulfone groups is 1. The molecule has 0 fully saturated rings. The quantitative estimate of drug-likeness (QED) is 0.796. The molecule has 0 heterocycles. The van der Waals surface area contributed by atoms with Crippen LogP contribution in [0.3, 0.4) is 0 Å². The van der Waals surface area contributed by atoms with E-state index in [-0.39, 0.29) is 11.3 Å². The maximum atomic E-state index is 12.4. The molecule has 1 atom stereocenters. The summed E-state index contributed by atoms with van der Waals surface area (Å²) in [5.74, 6) is -0.848. The monoisotopic (exact) mass is 361 g/mol. The lowest BCUT2D eigenvalue weighted by Gasteiger charge is -2.18. The van der Waals surface area contributed by atoms with Gasteiger partial charge in [0.1, 0.15) is 0 Å². The van der Waals surface area contributed by atoms with Crippen LogP contribution in [0.4, 0.5) is 0 Å². The predicted molar refractivity (Wildman–Crippen MR) is 92.8 cm³/mol. The number of esters is 1. The summed E-state index contributed by atoms with van der Waals surface area (Å²) >= 11 is 0. The Kier molecular flexibility index (Phi) is 5.93. The molecule has 2 aromatic carbocycles. The summed E-state index contributed by atoms with van der Waals surface area (Å²) in [7, 11) is -2.04. The highest BCUT2D eigenvalue weighted by Crippen LogP contribution is 2.18. The summed E-state index contributed by atoms with van der Waals surface area (Å²) in [6, 6.07) is 14.2. The van der Waals surface area contributed by atoms with Crippen LogP contribution in [0.1, 0.15) is 28.4 Å². The standard InChI is InChI=1S/C18H19NO5S/c1-24-17(20)12-16(13-6-4-3-5-7-13)19-18(21)14-8-10-15(11-9-14)25(2,22)23/h3-11,16H,12H2,1-2H3,(H,19,21)/t16-/m0/s1. The first kappa shape index (κ1) is 18.7. The molecule has 0 aliphatic rings. The van der Waals surface area contributed by atoms with Crippen molar-refractivity contribution in [3.05, 3.63) is 65.7 Å². The van der Waals surface area contributed by atoms with Crippen LogP contribution in [0.15, 0.2) is 59.5 Å². The van der Waals surface area contributed by atoms with Gasteiger partial charge in [-0.2, -0.15) is 0 Å². The number of nitrogens with one attached hydrogen (secondary N) is 1. The second-order valence-electron chi connectivity index (χ2n) is 5.51. The molecule has 0 spiro atoms. The fourth-order valence-corrected chi connectivity index (χ4v) is 2.91. The van der Waals surface area contributed by atoms with Gasteiger partial charge >= 0.3 is 5.97 Å². The zero-order valence-corrected chi connectivity index (χ0v) is 14.7. The molecule has 0 radical (unpaired) electrons. The topological polar surface area (TPSA) is 89.5 Å². The van der Waals surface area contributed by atoms with Gasteiger partial charge in [0.25, 0.3) is 5.91 Å². The Morgan fingerprint density at radius 2 is 1.64 bits per heavy atom. The van der Waals surface area contributed by atoms with Crippen molar-refractivity contribution in [3.63, 3.8) is 0 Å². The van der Waals surface area contributed by atoms with E-state index in [1.807, 2.05) is 18.2 Å². The zero-order valence-electron chi connectivity index (χ0n) is 13.9. The number of benzene rings is 2. The number of methoxy groups -OCH3 is 1. The molecule has 0 aliphatic carbocycles. The number of rotatable bonds is 6. The number of amides is 1. The summed E-state index contributed by atoms with van der Waals surface area (Å²) in [4.78, 5) is 24.2. The number of hydrogen-bond acceptors (Lipinski definition) is 5. The van der Waals surface area contributed by atoms with E-state index in [2.05, 4.69) is 10.1 Å². The van der Waals surface area contributed by atoms with E-state index in [0.717, 1.165) is 11.8 Å².